The molecule has 4 nitrogen and oxygen atoms in total. The highest BCUT2D eigenvalue weighted by atomic mass is 16.5. The van der Waals surface area contributed by atoms with Crippen molar-refractivity contribution in [3.05, 3.63) is 17.3 Å². The fourth-order valence-electron chi connectivity index (χ4n) is 1.73. The average Bonchev–Trinajstić information content (AvgIpc) is 2.76. The lowest BCUT2D eigenvalue weighted by atomic mass is 10.2. The van der Waals surface area contributed by atoms with Crippen LogP contribution in [0.1, 0.15) is 36.3 Å². The lowest BCUT2D eigenvalue weighted by Gasteiger charge is -2.01. The monoisotopic (exact) mass is 196 g/mol. The van der Waals surface area contributed by atoms with Crippen molar-refractivity contribution in [1.29, 1.82) is 0 Å². The Labute approximate surface area is 83.4 Å². The Morgan fingerprint density at radius 2 is 2.43 bits per heavy atom. The van der Waals surface area contributed by atoms with E-state index in [0.717, 1.165) is 43.2 Å². The van der Waals surface area contributed by atoms with Crippen molar-refractivity contribution in [2.45, 2.75) is 32.3 Å². The number of rotatable bonds is 3. The highest BCUT2D eigenvalue weighted by molar-refractivity contribution is 5.10. The summed E-state index contributed by atoms with van der Waals surface area (Å²) in [6.07, 6.45) is 2.96. The van der Waals surface area contributed by atoms with Gasteiger partial charge in [-0.25, -0.2) is 4.98 Å². The molecule has 1 aromatic heterocycles. The molecule has 0 saturated carbocycles. The topological polar surface area (TPSA) is 61.3 Å². The minimum atomic E-state index is 0.0697. The van der Waals surface area contributed by atoms with Gasteiger partial charge in [0.25, 0.3) is 0 Å². The second-order valence-corrected chi connectivity index (χ2v) is 3.60. The van der Waals surface area contributed by atoms with E-state index < -0.39 is 0 Å². The van der Waals surface area contributed by atoms with E-state index >= 15 is 0 Å². The number of aryl methyl sites for hydroxylation is 1. The molecule has 4 heteroatoms. The largest absolute Gasteiger partial charge is 0.443 e. The van der Waals surface area contributed by atoms with Crippen molar-refractivity contribution in [3.8, 4) is 0 Å². The first kappa shape index (κ1) is 9.68. The molecule has 0 amide bonds. The molecule has 1 aliphatic rings. The maximum absolute atomic E-state index is 5.56. The van der Waals surface area contributed by atoms with E-state index in [2.05, 4.69) is 4.98 Å². The van der Waals surface area contributed by atoms with Gasteiger partial charge in [0.15, 0.2) is 0 Å². The highest BCUT2D eigenvalue weighted by Crippen LogP contribution is 2.28. The summed E-state index contributed by atoms with van der Waals surface area (Å²) in [5.74, 6) is 1.60. The van der Waals surface area contributed by atoms with Crippen molar-refractivity contribution in [1.82, 2.24) is 4.98 Å². The van der Waals surface area contributed by atoms with Crippen molar-refractivity contribution >= 4 is 0 Å². The number of oxazole rings is 1. The molecule has 1 aliphatic heterocycles. The van der Waals surface area contributed by atoms with Gasteiger partial charge in [-0.1, -0.05) is 0 Å². The second-order valence-electron chi connectivity index (χ2n) is 3.60. The van der Waals surface area contributed by atoms with E-state index in [4.69, 9.17) is 14.9 Å². The van der Waals surface area contributed by atoms with E-state index in [0.29, 0.717) is 6.54 Å². The molecule has 1 aromatic rings. The maximum Gasteiger partial charge on any atom is 0.223 e. The summed E-state index contributed by atoms with van der Waals surface area (Å²) in [6.45, 7) is 3.35. The van der Waals surface area contributed by atoms with E-state index in [9.17, 15) is 0 Å². The van der Waals surface area contributed by atoms with Gasteiger partial charge in [0.2, 0.25) is 5.89 Å². The standard InChI is InChI=1S/C10H16N2O2/c1-7-8(4-5-11)12-10(14-7)9-3-2-6-13-9/h9H,2-6,11H2,1H3. The van der Waals surface area contributed by atoms with Gasteiger partial charge in [-0.05, 0) is 26.3 Å². The van der Waals surface area contributed by atoms with Crippen LogP contribution in [0.2, 0.25) is 0 Å². The predicted octanol–water partition coefficient (Wildman–Crippen LogP) is 1.34. The summed E-state index contributed by atoms with van der Waals surface area (Å²) in [5, 5.41) is 0. The van der Waals surface area contributed by atoms with E-state index in [1.165, 1.54) is 0 Å². The third-order valence-electron chi connectivity index (χ3n) is 2.50. The molecule has 0 radical (unpaired) electrons. The van der Waals surface area contributed by atoms with Crippen molar-refractivity contribution in [2.75, 3.05) is 13.2 Å². The summed E-state index contributed by atoms with van der Waals surface area (Å²) in [7, 11) is 0. The van der Waals surface area contributed by atoms with Crippen LogP contribution in [-0.2, 0) is 11.2 Å². The third-order valence-corrected chi connectivity index (χ3v) is 2.50. The molecule has 78 valence electrons. The quantitative estimate of drug-likeness (QED) is 0.792. The lowest BCUT2D eigenvalue weighted by Crippen LogP contribution is -2.04. The van der Waals surface area contributed by atoms with Crippen molar-refractivity contribution < 1.29 is 9.15 Å². The predicted molar refractivity (Wildman–Crippen MR) is 51.9 cm³/mol. The van der Waals surface area contributed by atoms with Crippen LogP contribution in [0.4, 0.5) is 0 Å². The molecule has 1 fully saturated rings. The van der Waals surface area contributed by atoms with Gasteiger partial charge in [0, 0.05) is 13.0 Å². The molecule has 1 atom stereocenters. The van der Waals surface area contributed by atoms with E-state index in [-0.39, 0.29) is 6.10 Å². The molecule has 2 N–H and O–H groups in total. The summed E-state index contributed by atoms with van der Waals surface area (Å²) in [4.78, 5) is 4.41. The zero-order valence-corrected chi connectivity index (χ0v) is 8.45. The minimum Gasteiger partial charge on any atom is -0.443 e. The Bertz CT molecular complexity index is 303. The lowest BCUT2D eigenvalue weighted by molar-refractivity contribution is 0.0884. The Kier molecular flexibility index (Phi) is 2.84. The minimum absolute atomic E-state index is 0.0697. The summed E-state index contributed by atoms with van der Waals surface area (Å²) in [6, 6.07) is 0. The number of nitrogens with zero attached hydrogens (tertiary/aromatic N) is 1. The number of nitrogens with two attached hydrogens (primary N) is 1. The van der Waals surface area contributed by atoms with Crippen LogP contribution in [0.3, 0.4) is 0 Å². The molecule has 0 aliphatic carbocycles. The molecule has 1 unspecified atom stereocenters. The molecule has 0 bridgehead atoms. The Morgan fingerprint density at radius 3 is 3.07 bits per heavy atom. The molecule has 0 spiro atoms. The summed E-state index contributed by atoms with van der Waals surface area (Å²) >= 11 is 0. The zero-order chi connectivity index (χ0) is 9.97. The molecule has 1 saturated heterocycles. The third kappa shape index (κ3) is 1.81. The number of ether oxygens (including phenoxy) is 1. The number of hydrogen-bond donors (Lipinski definition) is 1. The first-order valence-corrected chi connectivity index (χ1v) is 5.09. The van der Waals surface area contributed by atoms with Gasteiger partial charge >= 0.3 is 0 Å². The van der Waals surface area contributed by atoms with Gasteiger partial charge in [0.1, 0.15) is 11.9 Å². The molecular formula is C10H16N2O2. The molecule has 2 rings (SSSR count). The van der Waals surface area contributed by atoms with Crippen LogP contribution in [0.15, 0.2) is 4.42 Å². The van der Waals surface area contributed by atoms with Crippen LogP contribution < -0.4 is 5.73 Å². The van der Waals surface area contributed by atoms with E-state index in [1.807, 2.05) is 6.92 Å². The fourth-order valence-corrected chi connectivity index (χ4v) is 1.73. The van der Waals surface area contributed by atoms with Crippen LogP contribution in [-0.4, -0.2) is 18.1 Å². The molecule has 2 heterocycles. The van der Waals surface area contributed by atoms with Gasteiger partial charge < -0.3 is 14.9 Å². The van der Waals surface area contributed by atoms with Crippen LogP contribution in [0.5, 0.6) is 0 Å². The average molecular weight is 196 g/mol. The van der Waals surface area contributed by atoms with Gasteiger partial charge in [-0.2, -0.15) is 0 Å². The fraction of sp³-hybridized carbons (Fsp3) is 0.700. The van der Waals surface area contributed by atoms with Crippen LogP contribution in [0, 0.1) is 6.92 Å². The SMILES string of the molecule is Cc1oc(C2CCCO2)nc1CCN. The normalized spacial score (nSPS) is 21.7. The van der Waals surface area contributed by atoms with Crippen LogP contribution >= 0.6 is 0 Å². The highest BCUT2D eigenvalue weighted by Gasteiger charge is 2.23. The van der Waals surface area contributed by atoms with Crippen molar-refractivity contribution in [3.63, 3.8) is 0 Å². The molecule has 0 aromatic carbocycles. The van der Waals surface area contributed by atoms with E-state index in [1.54, 1.807) is 0 Å². The number of hydrogen-bond acceptors (Lipinski definition) is 4. The molecular weight excluding hydrogens is 180 g/mol. The smallest absolute Gasteiger partial charge is 0.223 e. The van der Waals surface area contributed by atoms with Gasteiger partial charge in [-0.15, -0.1) is 0 Å². The van der Waals surface area contributed by atoms with Crippen molar-refractivity contribution in [2.24, 2.45) is 5.73 Å². The maximum atomic E-state index is 5.56. The first-order valence-electron chi connectivity index (χ1n) is 5.09. The summed E-state index contributed by atoms with van der Waals surface area (Å²) in [5.41, 5.74) is 6.45. The molecule has 14 heavy (non-hydrogen) atoms. The van der Waals surface area contributed by atoms with Gasteiger partial charge in [0.05, 0.1) is 5.69 Å². The Morgan fingerprint density at radius 1 is 1.57 bits per heavy atom. The number of aromatic nitrogens is 1. The van der Waals surface area contributed by atoms with Crippen LogP contribution in [0.25, 0.3) is 0 Å². The first-order chi connectivity index (χ1) is 6.81. The Hall–Kier alpha value is -0.870. The second kappa shape index (κ2) is 4.11. The summed E-state index contributed by atoms with van der Waals surface area (Å²) < 4.78 is 11.1. The van der Waals surface area contributed by atoms with Gasteiger partial charge in [-0.3, -0.25) is 0 Å². The Balaban J connectivity index is 2.14. The zero-order valence-electron chi connectivity index (χ0n) is 8.45.